The van der Waals surface area contributed by atoms with E-state index in [0.717, 1.165) is 70.6 Å². The molecule has 7 nitrogen and oxygen atoms in total. The van der Waals surface area contributed by atoms with Gasteiger partial charge in [-0.1, -0.05) is 40.5 Å². The number of fused-ring (bicyclic) bond motifs is 5. The van der Waals surface area contributed by atoms with Crippen LogP contribution in [0.2, 0.25) is 0 Å². The van der Waals surface area contributed by atoms with Crippen molar-refractivity contribution in [3.63, 3.8) is 0 Å². The van der Waals surface area contributed by atoms with Gasteiger partial charge in [-0.2, -0.15) is 0 Å². The highest BCUT2D eigenvalue weighted by atomic mass is 32.2. The van der Waals surface area contributed by atoms with Crippen molar-refractivity contribution in [1.29, 1.82) is 0 Å². The monoisotopic (exact) mass is 581 g/mol. The van der Waals surface area contributed by atoms with Crippen LogP contribution in [0.15, 0.2) is 0 Å². The maximum Gasteiger partial charge on any atom is 0.322 e. The number of ether oxygens (including phenoxy) is 1. The maximum absolute atomic E-state index is 12.6. The molecule has 0 aromatic heterocycles. The summed E-state index contributed by atoms with van der Waals surface area (Å²) < 4.78 is 32.1. The largest absolute Gasteiger partial charge is 0.465 e. The van der Waals surface area contributed by atoms with Crippen molar-refractivity contribution >= 4 is 16.0 Å². The Morgan fingerprint density at radius 1 is 0.975 bits per heavy atom. The van der Waals surface area contributed by atoms with E-state index in [-0.39, 0.29) is 35.6 Å². The summed E-state index contributed by atoms with van der Waals surface area (Å²) in [5.74, 6) is 1.73. The zero-order valence-electron chi connectivity index (χ0n) is 25.4. The van der Waals surface area contributed by atoms with Crippen LogP contribution in [-0.4, -0.2) is 66.6 Å². The van der Waals surface area contributed by atoms with Gasteiger partial charge in [-0.3, -0.25) is 4.79 Å². The third-order valence-electron chi connectivity index (χ3n) is 13.0. The molecule has 1 heterocycles. The molecule has 0 aromatic rings. The minimum atomic E-state index is -3.59. The zero-order chi connectivity index (χ0) is 28.9. The first-order valence-corrected chi connectivity index (χ1v) is 18.0. The molecule has 11 atom stereocenters. The number of esters is 1. The highest BCUT2D eigenvalue weighted by molar-refractivity contribution is 7.89. The number of carbonyl (C=O) groups is 1. The lowest BCUT2D eigenvalue weighted by molar-refractivity contribution is -0.203. The molecule has 4 saturated carbocycles. The fraction of sp³-hybridized carbons (Fsp3) is 0.969. The number of hydrogen-bond donors (Lipinski definition) is 2. The number of nitrogens with zero attached hydrogens (tertiary/aromatic N) is 1. The average Bonchev–Trinajstić information content (AvgIpc) is 3.27. The predicted molar refractivity (Wildman–Crippen MR) is 156 cm³/mol. The van der Waals surface area contributed by atoms with Crippen LogP contribution in [0.25, 0.3) is 0 Å². The predicted octanol–water partition coefficient (Wildman–Crippen LogP) is 5.00. The van der Waals surface area contributed by atoms with Gasteiger partial charge in [0.15, 0.2) is 5.75 Å². The molecule has 4 aliphatic carbocycles. The maximum atomic E-state index is 12.6. The van der Waals surface area contributed by atoms with Crippen molar-refractivity contribution in [2.75, 3.05) is 25.4 Å². The van der Waals surface area contributed by atoms with E-state index in [1.165, 1.54) is 10.7 Å². The van der Waals surface area contributed by atoms with Gasteiger partial charge >= 0.3 is 5.97 Å². The van der Waals surface area contributed by atoms with E-state index in [1.807, 2.05) is 0 Å². The molecule has 1 saturated heterocycles. The lowest BCUT2D eigenvalue weighted by Crippen LogP contribution is -2.62. The van der Waals surface area contributed by atoms with Gasteiger partial charge in [-0.15, -0.1) is 0 Å². The molecule has 8 heteroatoms. The van der Waals surface area contributed by atoms with E-state index in [4.69, 9.17) is 4.74 Å². The summed E-state index contributed by atoms with van der Waals surface area (Å²) in [6.07, 6.45) is 11.4. The van der Waals surface area contributed by atoms with Crippen LogP contribution in [0, 0.1) is 52.3 Å². The minimum Gasteiger partial charge on any atom is -0.465 e. The van der Waals surface area contributed by atoms with Crippen LogP contribution < -0.4 is 0 Å². The van der Waals surface area contributed by atoms with E-state index in [9.17, 15) is 23.4 Å². The summed E-state index contributed by atoms with van der Waals surface area (Å²) in [7, 11) is -3.59. The van der Waals surface area contributed by atoms with Crippen molar-refractivity contribution in [2.24, 2.45) is 52.3 Å². The van der Waals surface area contributed by atoms with Gasteiger partial charge in [-0.05, 0) is 116 Å². The Labute approximate surface area is 242 Å². The van der Waals surface area contributed by atoms with Crippen LogP contribution in [0.4, 0.5) is 0 Å². The SMILES string of the molecule is CC[C@H]1[C@@H](O)[C@@H]2[C@H](CC[C@]3(C)[C@@H]([C@H](C)CCOC(=O)CS(=O)(=O)N4CCCCC4)CC[C@@H]23)[C@@]2(C)CC[C@@H](O)C[C@@H]12. The smallest absolute Gasteiger partial charge is 0.322 e. The van der Waals surface area contributed by atoms with Gasteiger partial charge in [0, 0.05) is 13.1 Å². The third kappa shape index (κ3) is 5.41. The summed E-state index contributed by atoms with van der Waals surface area (Å²) in [4.78, 5) is 12.4. The standard InChI is InChI=1S/C32H55NO6S/c1-5-23-27-19-22(34)11-14-32(27,4)26-12-15-31(3)24(9-10-25(31)29(26)30(23)36)21(2)13-18-39-28(35)20-40(37,38)33-16-7-6-8-17-33/h21-27,29-30,34,36H,5-20H2,1-4H3/t21-,22-,23-,24-,25+,26+,27+,29+,30-,31-,32-/m1/s1. The summed E-state index contributed by atoms with van der Waals surface area (Å²) in [6, 6.07) is 0. The van der Waals surface area contributed by atoms with Crippen LogP contribution in [0.3, 0.4) is 0 Å². The average molecular weight is 582 g/mol. The summed E-state index contributed by atoms with van der Waals surface area (Å²) in [6.45, 7) is 10.7. The molecule has 0 radical (unpaired) electrons. The Hall–Kier alpha value is -0.700. The van der Waals surface area contributed by atoms with Crippen molar-refractivity contribution in [2.45, 2.75) is 117 Å². The third-order valence-corrected chi connectivity index (χ3v) is 14.7. The fourth-order valence-corrected chi connectivity index (χ4v) is 12.3. The minimum absolute atomic E-state index is 0.166. The number of aliphatic hydroxyl groups is 2. The van der Waals surface area contributed by atoms with Crippen LogP contribution in [0.5, 0.6) is 0 Å². The van der Waals surface area contributed by atoms with E-state index >= 15 is 0 Å². The van der Waals surface area contributed by atoms with Crippen LogP contribution in [0.1, 0.15) is 105 Å². The van der Waals surface area contributed by atoms with Crippen molar-refractivity contribution < 1.29 is 28.2 Å². The second-order valence-electron chi connectivity index (χ2n) is 14.8. The first-order valence-electron chi connectivity index (χ1n) is 16.4. The quantitative estimate of drug-likeness (QED) is 0.391. The highest BCUT2D eigenvalue weighted by Gasteiger charge is 2.64. The molecular formula is C32H55NO6S. The van der Waals surface area contributed by atoms with Crippen LogP contribution in [-0.2, 0) is 19.6 Å². The second-order valence-corrected chi connectivity index (χ2v) is 16.8. The van der Waals surface area contributed by atoms with E-state index < -0.39 is 21.7 Å². The normalized spacial score (nSPS) is 44.8. The van der Waals surface area contributed by atoms with Gasteiger partial charge in [0.25, 0.3) is 0 Å². The Balaban J connectivity index is 1.21. The number of sulfonamides is 1. The Morgan fingerprint density at radius 2 is 1.65 bits per heavy atom. The number of aliphatic hydroxyl groups excluding tert-OH is 2. The first kappa shape index (κ1) is 30.7. The van der Waals surface area contributed by atoms with Crippen LogP contribution >= 0.6 is 0 Å². The summed E-state index contributed by atoms with van der Waals surface area (Å²) >= 11 is 0. The number of piperidine rings is 1. The Kier molecular flexibility index (Phi) is 9.04. The van der Waals surface area contributed by atoms with Gasteiger partial charge < -0.3 is 14.9 Å². The van der Waals surface area contributed by atoms with E-state index in [0.29, 0.717) is 48.6 Å². The molecule has 40 heavy (non-hydrogen) atoms. The Bertz CT molecular complexity index is 1010. The van der Waals surface area contributed by atoms with Gasteiger partial charge in [-0.25, -0.2) is 12.7 Å². The van der Waals surface area contributed by atoms with Gasteiger partial charge in [0.1, 0.15) is 0 Å². The molecule has 230 valence electrons. The van der Waals surface area contributed by atoms with E-state index in [2.05, 4.69) is 27.7 Å². The van der Waals surface area contributed by atoms with Crippen molar-refractivity contribution in [3.05, 3.63) is 0 Å². The Morgan fingerprint density at radius 3 is 2.35 bits per heavy atom. The highest BCUT2D eigenvalue weighted by Crippen LogP contribution is 2.69. The zero-order valence-corrected chi connectivity index (χ0v) is 26.2. The lowest BCUT2D eigenvalue weighted by atomic mass is 9.41. The molecule has 0 amide bonds. The molecule has 0 aromatic carbocycles. The molecule has 1 aliphatic heterocycles. The number of hydrogen-bond acceptors (Lipinski definition) is 6. The number of rotatable bonds is 8. The lowest BCUT2D eigenvalue weighted by Gasteiger charge is -2.64. The molecule has 5 fully saturated rings. The molecular weight excluding hydrogens is 526 g/mol. The molecule has 5 aliphatic rings. The molecule has 5 rings (SSSR count). The second kappa shape index (κ2) is 11.8. The molecule has 0 unspecified atom stereocenters. The van der Waals surface area contributed by atoms with Crippen molar-refractivity contribution in [1.82, 2.24) is 4.31 Å². The molecule has 0 bridgehead atoms. The summed E-state index contributed by atoms with van der Waals surface area (Å²) in [5.41, 5.74) is 0.371. The summed E-state index contributed by atoms with van der Waals surface area (Å²) in [5, 5.41) is 22.4. The topological polar surface area (TPSA) is 104 Å². The van der Waals surface area contributed by atoms with E-state index in [1.54, 1.807) is 0 Å². The van der Waals surface area contributed by atoms with Gasteiger partial charge in [0.05, 0.1) is 18.8 Å². The molecule has 2 N–H and O–H groups in total. The van der Waals surface area contributed by atoms with Gasteiger partial charge in [0.2, 0.25) is 10.0 Å². The molecule has 0 spiro atoms. The number of carbonyl (C=O) groups excluding carboxylic acids is 1. The first-order chi connectivity index (χ1) is 18.9. The van der Waals surface area contributed by atoms with Crippen molar-refractivity contribution in [3.8, 4) is 0 Å². The fourth-order valence-electron chi connectivity index (χ4n) is 10.9.